The van der Waals surface area contributed by atoms with Gasteiger partial charge in [-0.15, -0.1) is 0 Å². The standard InChI is InChI=1S/C10H9BrFN3/c1-6-10(11)7(2)15(14-6)9-4-3-8(12)5-13-9/h3-5H,1-2H3. The van der Waals surface area contributed by atoms with Gasteiger partial charge < -0.3 is 0 Å². The summed E-state index contributed by atoms with van der Waals surface area (Å²) in [5.74, 6) is 0.266. The van der Waals surface area contributed by atoms with Gasteiger partial charge in [0.15, 0.2) is 5.82 Å². The molecule has 0 aliphatic carbocycles. The Kier molecular flexibility index (Phi) is 2.56. The molecule has 0 bridgehead atoms. The Labute approximate surface area is 95.1 Å². The monoisotopic (exact) mass is 269 g/mol. The van der Waals surface area contributed by atoms with Crippen LogP contribution >= 0.6 is 15.9 Å². The first-order valence-electron chi connectivity index (χ1n) is 4.43. The highest BCUT2D eigenvalue weighted by Crippen LogP contribution is 2.21. The van der Waals surface area contributed by atoms with Gasteiger partial charge in [0.1, 0.15) is 5.82 Å². The fraction of sp³-hybridized carbons (Fsp3) is 0.200. The Morgan fingerprint density at radius 2 is 2.07 bits per heavy atom. The number of nitrogens with zero attached hydrogens (tertiary/aromatic N) is 3. The Bertz CT molecular complexity index is 490. The summed E-state index contributed by atoms with van der Waals surface area (Å²) in [4.78, 5) is 3.97. The summed E-state index contributed by atoms with van der Waals surface area (Å²) < 4.78 is 15.3. The van der Waals surface area contributed by atoms with Crippen LogP contribution in [0.5, 0.6) is 0 Å². The Balaban J connectivity index is 2.54. The van der Waals surface area contributed by atoms with Gasteiger partial charge in [-0.2, -0.15) is 5.10 Å². The number of pyridine rings is 1. The fourth-order valence-corrected chi connectivity index (χ4v) is 1.59. The van der Waals surface area contributed by atoms with E-state index >= 15 is 0 Å². The van der Waals surface area contributed by atoms with Gasteiger partial charge in [0.05, 0.1) is 22.1 Å². The maximum Gasteiger partial charge on any atom is 0.153 e. The van der Waals surface area contributed by atoms with Crippen molar-refractivity contribution in [2.24, 2.45) is 0 Å². The number of hydrogen-bond acceptors (Lipinski definition) is 2. The number of aryl methyl sites for hydroxylation is 1. The van der Waals surface area contributed by atoms with E-state index in [2.05, 4.69) is 26.0 Å². The SMILES string of the molecule is Cc1nn(-c2ccc(F)cn2)c(C)c1Br. The first kappa shape index (κ1) is 10.3. The Hall–Kier alpha value is -1.23. The average molecular weight is 270 g/mol. The maximum atomic E-state index is 12.7. The van der Waals surface area contributed by atoms with E-state index in [0.717, 1.165) is 15.9 Å². The predicted octanol–water partition coefficient (Wildman–Crippen LogP) is 2.79. The zero-order valence-electron chi connectivity index (χ0n) is 8.33. The molecule has 2 aromatic rings. The second-order valence-electron chi connectivity index (χ2n) is 3.23. The molecular formula is C10H9BrFN3. The molecule has 0 saturated heterocycles. The fourth-order valence-electron chi connectivity index (χ4n) is 1.34. The van der Waals surface area contributed by atoms with Gasteiger partial charge in [-0.05, 0) is 41.9 Å². The summed E-state index contributed by atoms with van der Waals surface area (Å²) in [6.45, 7) is 3.83. The molecule has 0 radical (unpaired) electrons. The first-order valence-corrected chi connectivity index (χ1v) is 5.22. The van der Waals surface area contributed by atoms with Crippen molar-refractivity contribution in [3.8, 4) is 5.82 Å². The second-order valence-corrected chi connectivity index (χ2v) is 4.02. The Morgan fingerprint density at radius 3 is 2.53 bits per heavy atom. The van der Waals surface area contributed by atoms with Crippen LogP contribution in [0.25, 0.3) is 5.82 Å². The van der Waals surface area contributed by atoms with Crippen molar-refractivity contribution in [2.45, 2.75) is 13.8 Å². The van der Waals surface area contributed by atoms with Crippen molar-refractivity contribution in [3.05, 3.63) is 40.0 Å². The molecule has 2 aromatic heterocycles. The third-order valence-corrected chi connectivity index (χ3v) is 3.28. The number of aromatic nitrogens is 3. The van der Waals surface area contributed by atoms with Crippen LogP contribution in [0.3, 0.4) is 0 Å². The third-order valence-electron chi connectivity index (χ3n) is 2.13. The summed E-state index contributed by atoms with van der Waals surface area (Å²) in [6, 6.07) is 2.97. The van der Waals surface area contributed by atoms with E-state index in [-0.39, 0.29) is 5.82 Å². The zero-order chi connectivity index (χ0) is 11.0. The van der Waals surface area contributed by atoms with Crippen LogP contribution in [0.1, 0.15) is 11.4 Å². The van der Waals surface area contributed by atoms with Gasteiger partial charge >= 0.3 is 0 Å². The van der Waals surface area contributed by atoms with Crippen LogP contribution in [0.4, 0.5) is 4.39 Å². The summed E-state index contributed by atoms with van der Waals surface area (Å²) in [6.07, 6.45) is 1.18. The molecule has 0 fully saturated rings. The van der Waals surface area contributed by atoms with Gasteiger partial charge in [0.25, 0.3) is 0 Å². The molecule has 3 nitrogen and oxygen atoms in total. The molecule has 0 saturated carbocycles. The quantitative estimate of drug-likeness (QED) is 0.797. The molecule has 0 aliphatic rings. The lowest BCUT2D eigenvalue weighted by molar-refractivity contribution is 0.618. The minimum atomic E-state index is -0.348. The first-order chi connectivity index (χ1) is 7.09. The van der Waals surface area contributed by atoms with Crippen LogP contribution in [0, 0.1) is 19.7 Å². The van der Waals surface area contributed by atoms with Gasteiger partial charge in [-0.25, -0.2) is 14.1 Å². The normalized spacial score (nSPS) is 10.7. The van der Waals surface area contributed by atoms with Gasteiger partial charge in [0.2, 0.25) is 0 Å². The van der Waals surface area contributed by atoms with Crippen LogP contribution in [-0.2, 0) is 0 Å². The molecular weight excluding hydrogens is 261 g/mol. The number of halogens is 2. The van der Waals surface area contributed by atoms with Crippen molar-refractivity contribution in [3.63, 3.8) is 0 Å². The lowest BCUT2D eigenvalue weighted by Crippen LogP contribution is -2.01. The minimum absolute atomic E-state index is 0.348. The molecule has 15 heavy (non-hydrogen) atoms. The predicted molar refractivity (Wildman–Crippen MR) is 58.5 cm³/mol. The van der Waals surface area contributed by atoms with Crippen molar-refractivity contribution in [1.29, 1.82) is 0 Å². The smallest absolute Gasteiger partial charge is 0.153 e. The van der Waals surface area contributed by atoms with E-state index in [4.69, 9.17) is 0 Å². The number of hydrogen-bond donors (Lipinski definition) is 0. The lowest BCUT2D eigenvalue weighted by Gasteiger charge is -2.02. The van der Waals surface area contributed by atoms with E-state index < -0.39 is 0 Å². The maximum absolute atomic E-state index is 12.7. The molecule has 0 spiro atoms. The molecule has 0 aromatic carbocycles. The van der Waals surface area contributed by atoms with Crippen LogP contribution in [-0.4, -0.2) is 14.8 Å². The topological polar surface area (TPSA) is 30.7 Å². The molecule has 78 valence electrons. The highest BCUT2D eigenvalue weighted by atomic mass is 79.9. The van der Waals surface area contributed by atoms with E-state index in [9.17, 15) is 4.39 Å². The van der Waals surface area contributed by atoms with Gasteiger partial charge in [-0.1, -0.05) is 0 Å². The van der Waals surface area contributed by atoms with Gasteiger partial charge in [0, 0.05) is 0 Å². The highest BCUT2D eigenvalue weighted by molar-refractivity contribution is 9.10. The van der Waals surface area contributed by atoms with Crippen LogP contribution in [0.2, 0.25) is 0 Å². The van der Waals surface area contributed by atoms with E-state index in [1.165, 1.54) is 12.3 Å². The van der Waals surface area contributed by atoms with Crippen molar-refractivity contribution in [2.75, 3.05) is 0 Å². The molecule has 0 amide bonds. The Morgan fingerprint density at radius 1 is 1.33 bits per heavy atom. The third kappa shape index (κ3) is 1.79. The number of rotatable bonds is 1. The molecule has 0 aliphatic heterocycles. The molecule has 2 heterocycles. The largest absolute Gasteiger partial charge is 0.234 e. The molecule has 0 unspecified atom stereocenters. The zero-order valence-corrected chi connectivity index (χ0v) is 9.92. The average Bonchev–Trinajstić information content (AvgIpc) is 2.47. The molecule has 5 heteroatoms. The van der Waals surface area contributed by atoms with Gasteiger partial charge in [-0.3, -0.25) is 0 Å². The van der Waals surface area contributed by atoms with E-state index in [0.29, 0.717) is 5.82 Å². The summed E-state index contributed by atoms with van der Waals surface area (Å²) >= 11 is 3.43. The van der Waals surface area contributed by atoms with Crippen molar-refractivity contribution in [1.82, 2.24) is 14.8 Å². The van der Waals surface area contributed by atoms with Crippen molar-refractivity contribution < 1.29 is 4.39 Å². The van der Waals surface area contributed by atoms with Crippen LogP contribution in [0.15, 0.2) is 22.8 Å². The van der Waals surface area contributed by atoms with E-state index in [1.807, 2.05) is 13.8 Å². The summed E-state index contributed by atoms with van der Waals surface area (Å²) in [5.41, 5.74) is 1.84. The molecule has 0 N–H and O–H groups in total. The van der Waals surface area contributed by atoms with Crippen molar-refractivity contribution >= 4 is 15.9 Å². The second kappa shape index (κ2) is 3.73. The highest BCUT2D eigenvalue weighted by Gasteiger charge is 2.10. The summed E-state index contributed by atoms with van der Waals surface area (Å²) in [5, 5.41) is 4.29. The minimum Gasteiger partial charge on any atom is -0.234 e. The lowest BCUT2D eigenvalue weighted by atomic mass is 10.4. The molecule has 0 atom stereocenters. The molecule has 2 rings (SSSR count). The summed E-state index contributed by atoms with van der Waals surface area (Å²) in [7, 11) is 0. The van der Waals surface area contributed by atoms with E-state index in [1.54, 1.807) is 10.7 Å². The van der Waals surface area contributed by atoms with Crippen LogP contribution < -0.4 is 0 Å².